The fourth-order valence-electron chi connectivity index (χ4n) is 2.22. The molecule has 1 N–H and O–H groups in total. The molecule has 1 aliphatic heterocycles. The van der Waals surface area contributed by atoms with Crippen LogP contribution in [0.3, 0.4) is 0 Å². The second-order valence-corrected chi connectivity index (χ2v) is 5.34. The molecule has 1 saturated heterocycles. The number of carbonyl (C=O) groups excluding carboxylic acids is 1. The van der Waals surface area contributed by atoms with Crippen LogP contribution >= 0.6 is 15.9 Å². The number of hydrogen-bond donors (Lipinski definition) is 1. The van der Waals surface area contributed by atoms with Crippen molar-refractivity contribution in [2.24, 2.45) is 0 Å². The standard InChI is InChI=1S/C13H16BrNO/c14-12-6-4-5-11(9-12)13(16)10-15-7-2-1-3-8-15/h4-6,9H,1-3,7-8,10H2/p+1. The first kappa shape index (κ1) is 11.8. The number of ketones is 1. The van der Waals surface area contributed by atoms with Gasteiger partial charge in [0.05, 0.1) is 13.1 Å². The zero-order valence-electron chi connectivity index (χ0n) is 9.34. The first-order valence-corrected chi connectivity index (χ1v) is 6.67. The second-order valence-electron chi connectivity index (χ2n) is 4.42. The number of benzene rings is 1. The topological polar surface area (TPSA) is 21.5 Å². The SMILES string of the molecule is O=C(C[NH+]1CCCCC1)c1cccc(Br)c1. The Morgan fingerprint density at radius 2 is 2.00 bits per heavy atom. The van der Waals surface area contributed by atoms with E-state index >= 15 is 0 Å². The van der Waals surface area contributed by atoms with Crippen molar-refractivity contribution in [1.29, 1.82) is 0 Å². The van der Waals surface area contributed by atoms with Gasteiger partial charge in [0.2, 0.25) is 5.78 Å². The molecule has 0 atom stereocenters. The van der Waals surface area contributed by atoms with Gasteiger partial charge in [-0.25, -0.2) is 0 Å². The third-order valence-electron chi connectivity index (χ3n) is 3.12. The van der Waals surface area contributed by atoms with Crippen LogP contribution in [0.25, 0.3) is 0 Å². The molecule has 1 aromatic rings. The van der Waals surface area contributed by atoms with E-state index < -0.39 is 0 Å². The van der Waals surface area contributed by atoms with E-state index in [-0.39, 0.29) is 5.78 Å². The Labute approximate surface area is 105 Å². The van der Waals surface area contributed by atoms with Crippen LogP contribution in [0.4, 0.5) is 0 Å². The van der Waals surface area contributed by atoms with Gasteiger partial charge in [0.15, 0.2) is 0 Å². The van der Waals surface area contributed by atoms with Crippen molar-refractivity contribution >= 4 is 21.7 Å². The molecule has 0 aliphatic carbocycles. The Morgan fingerprint density at radius 1 is 1.25 bits per heavy atom. The van der Waals surface area contributed by atoms with E-state index in [4.69, 9.17) is 0 Å². The minimum Gasteiger partial charge on any atom is -0.328 e. The Balaban J connectivity index is 1.97. The normalized spacial score (nSPS) is 17.3. The van der Waals surface area contributed by atoms with E-state index in [0.29, 0.717) is 6.54 Å². The summed E-state index contributed by atoms with van der Waals surface area (Å²) >= 11 is 3.40. The fraction of sp³-hybridized carbons (Fsp3) is 0.462. The average Bonchev–Trinajstić information content (AvgIpc) is 2.30. The summed E-state index contributed by atoms with van der Waals surface area (Å²) in [4.78, 5) is 13.5. The number of halogens is 1. The highest BCUT2D eigenvalue weighted by Gasteiger charge is 2.18. The van der Waals surface area contributed by atoms with Crippen LogP contribution in [0.1, 0.15) is 29.6 Å². The molecule has 0 bridgehead atoms. The summed E-state index contributed by atoms with van der Waals surface area (Å²) in [5.74, 6) is 0.262. The van der Waals surface area contributed by atoms with Gasteiger partial charge in [0.1, 0.15) is 6.54 Å². The number of rotatable bonds is 3. The molecule has 0 unspecified atom stereocenters. The van der Waals surface area contributed by atoms with Crippen LogP contribution in [-0.2, 0) is 0 Å². The first-order chi connectivity index (χ1) is 7.75. The van der Waals surface area contributed by atoms with Gasteiger partial charge < -0.3 is 4.90 Å². The number of likely N-dealkylation sites (tertiary alicyclic amines) is 1. The summed E-state index contributed by atoms with van der Waals surface area (Å²) in [5, 5.41) is 0. The van der Waals surface area contributed by atoms with Gasteiger partial charge in [-0.1, -0.05) is 28.1 Å². The van der Waals surface area contributed by atoms with Gasteiger partial charge in [-0.15, -0.1) is 0 Å². The molecule has 0 aromatic heterocycles. The summed E-state index contributed by atoms with van der Waals surface area (Å²) in [6.07, 6.45) is 3.86. The maximum absolute atomic E-state index is 12.0. The van der Waals surface area contributed by atoms with E-state index in [2.05, 4.69) is 15.9 Å². The number of quaternary nitrogens is 1. The van der Waals surface area contributed by atoms with E-state index in [1.54, 1.807) is 0 Å². The highest BCUT2D eigenvalue weighted by Crippen LogP contribution is 2.11. The van der Waals surface area contributed by atoms with Gasteiger partial charge in [-0.3, -0.25) is 4.79 Å². The lowest BCUT2D eigenvalue weighted by atomic mass is 10.1. The molecule has 2 nitrogen and oxygen atoms in total. The monoisotopic (exact) mass is 282 g/mol. The summed E-state index contributed by atoms with van der Waals surface area (Å²) in [5.41, 5.74) is 0.826. The highest BCUT2D eigenvalue weighted by molar-refractivity contribution is 9.10. The minimum absolute atomic E-state index is 0.262. The average molecular weight is 283 g/mol. The summed E-state index contributed by atoms with van der Waals surface area (Å²) < 4.78 is 0.979. The quantitative estimate of drug-likeness (QED) is 0.838. The third-order valence-corrected chi connectivity index (χ3v) is 3.61. The molecule has 0 spiro atoms. The zero-order valence-corrected chi connectivity index (χ0v) is 10.9. The fourth-order valence-corrected chi connectivity index (χ4v) is 2.62. The number of Topliss-reactive ketones (excluding diaryl/α,β-unsaturated/α-hetero) is 1. The lowest BCUT2D eigenvalue weighted by Crippen LogP contribution is -3.13. The van der Waals surface area contributed by atoms with Gasteiger partial charge in [0, 0.05) is 10.0 Å². The van der Waals surface area contributed by atoms with Crippen LogP contribution in [0.2, 0.25) is 0 Å². The van der Waals surface area contributed by atoms with E-state index in [1.807, 2.05) is 24.3 Å². The van der Waals surface area contributed by atoms with Crippen LogP contribution < -0.4 is 4.90 Å². The summed E-state index contributed by atoms with van der Waals surface area (Å²) in [6, 6.07) is 7.68. The number of piperidine rings is 1. The van der Waals surface area contributed by atoms with Crippen LogP contribution in [0, 0.1) is 0 Å². The van der Waals surface area contributed by atoms with Crippen molar-refractivity contribution in [2.45, 2.75) is 19.3 Å². The largest absolute Gasteiger partial charge is 0.328 e. The van der Waals surface area contributed by atoms with E-state index in [0.717, 1.165) is 23.1 Å². The predicted molar refractivity (Wildman–Crippen MR) is 67.9 cm³/mol. The molecule has 1 aliphatic rings. The molecular formula is C13H17BrNO+. The molecule has 1 heterocycles. The molecule has 1 fully saturated rings. The lowest BCUT2D eigenvalue weighted by Gasteiger charge is -2.22. The van der Waals surface area contributed by atoms with Crippen molar-refractivity contribution in [3.8, 4) is 0 Å². The maximum Gasteiger partial charge on any atom is 0.216 e. The Morgan fingerprint density at radius 3 is 2.69 bits per heavy atom. The van der Waals surface area contributed by atoms with Crippen LogP contribution in [-0.4, -0.2) is 25.4 Å². The van der Waals surface area contributed by atoms with Crippen molar-refractivity contribution in [3.63, 3.8) is 0 Å². The molecule has 0 saturated carbocycles. The molecule has 86 valence electrons. The Kier molecular flexibility index (Phi) is 4.13. The molecule has 1 aromatic carbocycles. The third kappa shape index (κ3) is 3.16. The van der Waals surface area contributed by atoms with Crippen molar-refractivity contribution < 1.29 is 9.69 Å². The van der Waals surface area contributed by atoms with Gasteiger partial charge in [-0.05, 0) is 31.4 Å². The van der Waals surface area contributed by atoms with Crippen LogP contribution in [0.5, 0.6) is 0 Å². The van der Waals surface area contributed by atoms with Crippen molar-refractivity contribution in [2.75, 3.05) is 19.6 Å². The maximum atomic E-state index is 12.0. The van der Waals surface area contributed by atoms with Gasteiger partial charge in [0.25, 0.3) is 0 Å². The van der Waals surface area contributed by atoms with Crippen molar-refractivity contribution in [1.82, 2.24) is 0 Å². The molecular weight excluding hydrogens is 266 g/mol. The summed E-state index contributed by atoms with van der Waals surface area (Å²) in [6.45, 7) is 2.95. The summed E-state index contributed by atoms with van der Waals surface area (Å²) in [7, 11) is 0. The van der Waals surface area contributed by atoms with Gasteiger partial charge >= 0.3 is 0 Å². The molecule has 2 rings (SSSR count). The molecule has 0 amide bonds. The van der Waals surface area contributed by atoms with Gasteiger partial charge in [-0.2, -0.15) is 0 Å². The van der Waals surface area contributed by atoms with Crippen molar-refractivity contribution in [3.05, 3.63) is 34.3 Å². The minimum atomic E-state index is 0.262. The lowest BCUT2D eigenvalue weighted by molar-refractivity contribution is -0.896. The first-order valence-electron chi connectivity index (χ1n) is 5.88. The van der Waals surface area contributed by atoms with E-state index in [9.17, 15) is 4.79 Å². The highest BCUT2D eigenvalue weighted by atomic mass is 79.9. The Bertz CT molecular complexity index is 372. The second kappa shape index (κ2) is 5.60. The number of carbonyl (C=O) groups is 1. The van der Waals surface area contributed by atoms with Crippen LogP contribution in [0.15, 0.2) is 28.7 Å². The molecule has 3 heteroatoms. The number of nitrogens with one attached hydrogen (secondary N) is 1. The smallest absolute Gasteiger partial charge is 0.216 e. The number of hydrogen-bond acceptors (Lipinski definition) is 1. The molecule has 0 radical (unpaired) electrons. The molecule has 16 heavy (non-hydrogen) atoms. The van der Waals surface area contributed by atoms with E-state index in [1.165, 1.54) is 24.2 Å². The Hall–Kier alpha value is -0.670. The zero-order chi connectivity index (χ0) is 11.4. The predicted octanol–water partition coefficient (Wildman–Crippen LogP) is 1.70.